The Balaban J connectivity index is 2.06. The summed E-state index contributed by atoms with van der Waals surface area (Å²) in [6.07, 6.45) is 1.74. The molecule has 0 bridgehead atoms. The SMILES string of the molecule is N[C@@H]1CCN(CCCF)C1. The molecule has 1 rings (SSSR count). The minimum absolute atomic E-state index is 0.203. The first-order valence-corrected chi connectivity index (χ1v) is 3.87. The summed E-state index contributed by atoms with van der Waals surface area (Å²) in [5.41, 5.74) is 5.66. The zero-order valence-corrected chi connectivity index (χ0v) is 6.22. The maximum absolute atomic E-state index is 11.7. The molecule has 0 aliphatic carbocycles. The minimum Gasteiger partial charge on any atom is -0.326 e. The van der Waals surface area contributed by atoms with Crippen molar-refractivity contribution in [2.45, 2.75) is 18.9 Å². The van der Waals surface area contributed by atoms with E-state index in [2.05, 4.69) is 4.90 Å². The molecular weight excluding hydrogens is 131 g/mol. The average Bonchev–Trinajstić information content (AvgIpc) is 2.31. The van der Waals surface area contributed by atoms with Gasteiger partial charge in [0, 0.05) is 19.1 Å². The fourth-order valence-electron chi connectivity index (χ4n) is 1.35. The topological polar surface area (TPSA) is 29.3 Å². The Morgan fingerprint density at radius 3 is 2.90 bits per heavy atom. The van der Waals surface area contributed by atoms with Crippen LogP contribution in [0.2, 0.25) is 0 Å². The summed E-state index contributed by atoms with van der Waals surface area (Å²) >= 11 is 0. The molecule has 0 unspecified atom stereocenters. The second-order valence-corrected chi connectivity index (χ2v) is 2.89. The van der Waals surface area contributed by atoms with Gasteiger partial charge in [-0.25, -0.2) is 0 Å². The van der Waals surface area contributed by atoms with E-state index in [4.69, 9.17) is 5.73 Å². The molecule has 0 aromatic carbocycles. The summed E-state index contributed by atoms with van der Waals surface area (Å²) in [6.45, 7) is 2.69. The van der Waals surface area contributed by atoms with E-state index in [0.29, 0.717) is 12.5 Å². The van der Waals surface area contributed by atoms with Crippen molar-refractivity contribution in [3.05, 3.63) is 0 Å². The van der Waals surface area contributed by atoms with Crippen LogP contribution >= 0.6 is 0 Å². The maximum Gasteiger partial charge on any atom is 0.0906 e. The third kappa shape index (κ3) is 2.23. The van der Waals surface area contributed by atoms with Crippen LogP contribution in [-0.2, 0) is 0 Å². The summed E-state index contributed by atoms with van der Waals surface area (Å²) in [5.74, 6) is 0. The van der Waals surface area contributed by atoms with Crippen LogP contribution < -0.4 is 5.73 Å². The van der Waals surface area contributed by atoms with Crippen LogP contribution in [0.4, 0.5) is 4.39 Å². The van der Waals surface area contributed by atoms with E-state index >= 15 is 0 Å². The van der Waals surface area contributed by atoms with Crippen LogP contribution in [0, 0.1) is 0 Å². The maximum atomic E-state index is 11.7. The molecule has 1 fully saturated rings. The number of hydrogen-bond acceptors (Lipinski definition) is 2. The number of nitrogens with zero attached hydrogens (tertiary/aromatic N) is 1. The Kier molecular flexibility index (Phi) is 3.09. The van der Waals surface area contributed by atoms with Crippen molar-refractivity contribution >= 4 is 0 Å². The number of likely N-dealkylation sites (tertiary alicyclic amines) is 1. The quantitative estimate of drug-likeness (QED) is 0.623. The third-order valence-electron chi connectivity index (χ3n) is 1.92. The first kappa shape index (κ1) is 7.95. The normalized spacial score (nSPS) is 27.6. The minimum atomic E-state index is -0.203. The molecule has 1 atom stereocenters. The van der Waals surface area contributed by atoms with Crippen LogP contribution in [0.15, 0.2) is 0 Å². The second-order valence-electron chi connectivity index (χ2n) is 2.89. The molecule has 0 spiro atoms. The highest BCUT2D eigenvalue weighted by atomic mass is 19.1. The molecule has 1 aliphatic rings. The van der Waals surface area contributed by atoms with E-state index < -0.39 is 0 Å². The van der Waals surface area contributed by atoms with Crippen molar-refractivity contribution in [3.63, 3.8) is 0 Å². The summed E-state index contributed by atoms with van der Waals surface area (Å²) in [5, 5.41) is 0. The fourth-order valence-corrected chi connectivity index (χ4v) is 1.35. The smallest absolute Gasteiger partial charge is 0.0906 e. The molecule has 0 aromatic rings. The zero-order valence-electron chi connectivity index (χ0n) is 6.22. The van der Waals surface area contributed by atoms with Crippen LogP contribution in [0.5, 0.6) is 0 Å². The lowest BCUT2D eigenvalue weighted by Crippen LogP contribution is -2.27. The van der Waals surface area contributed by atoms with Gasteiger partial charge in [-0.15, -0.1) is 0 Å². The van der Waals surface area contributed by atoms with Gasteiger partial charge in [-0.3, -0.25) is 4.39 Å². The predicted octanol–water partition coefficient (Wildman–Crippen LogP) is 0.379. The van der Waals surface area contributed by atoms with Gasteiger partial charge in [0.2, 0.25) is 0 Å². The molecule has 2 N–H and O–H groups in total. The van der Waals surface area contributed by atoms with Gasteiger partial charge < -0.3 is 10.6 Å². The van der Waals surface area contributed by atoms with Gasteiger partial charge in [-0.2, -0.15) is 0 Å². The molecule has 0 aromatic heterocycles. The number of nitrogens with two attached hydrogens (primary N) is 1. The van der Waals surface area contributed by atoms with Gasteiger partial charge in [0.25, 0.3) is 0 Å². The largest absolute Gasteiger partial charge is 0.326 e. The van der Waals surface area contributed by atoms with E-state index in [1.807, 2.05) is 0 Å². The van der Waals surface area contributed by atoms with E-state index in [0.717, 1.165) is 26.1 Å². The molecule has 3 heteroatoms. The van der Waals surface area contributed by atoms with E-state index in [1.54, 1.807) is 0 Å². The molecule has 0 radical (unpaired) electrons. The highest BCUT2D eigenvalue weighted by Crippen LogP contribution is 2.06. The fraction of sp³-hybridized carbons (Fsp3) is 1.00. The van der Waals surface area contributed by atoms with Gasteiger partial charge in [0.05, 0.1) is 6.67 Å². The van der Waals surface area contributed by atoms with Crippen molar-refractivity contribution in [2.75, 3.05) is 26.3 Å². The number of rotatable bonds is 3. The summed E-state index contributed by atoms with van der Waals surface area (Å²) < 4.78 is 11.7. The van der Waals surface area contributed by atoms with Gasteiger partial charge >= 0.3 is 0 Å². The summed E-state index contributed by atoms with van der Waals surface area (Å²) in [4.78, 5) is 2.23. The predicted molar refractivity (Wildman–Crippen MR) is 39.6 cm³/mol. The second kappa shape index (κ2) is 3.88. The van der Waals surface area contributed by atoms with E-state index in [-0.39, 0.29) is 6.67 Å². The number of alkyl halides is 1. The lowest BCUT2D eigenvalue weighted by molar-refractivity contribution is 0.309. The first-order valence-electron chi connectivity index (χ1n) is 3.87. The molecule has 1 saturated heterocycles. The molecule has 60 valence electrons. The Labute approximate surface area is 61.2 Å². The first-order chi connectivity index (χ1) is 4.83. The highest BCUT2D eigenvalue weighted by molar-refractivity contribution is 4.77. The van der Waals surface area contributed by atoms with Gasteiger partial charge in [0.1, 0.15) is 0 Å². The third-order valence-corrected chi connectivity index (χ3v) is 1.92. The molecule has 1 heterocycles. The van der Waals surface area contributed by atoms with Crippen LogP contribution in [0.3, 0.4) is 0 Å². The Morgan fingerprint density at radius 1 is 1.60 bits per heavy atom. The van der Waals surface area contributed by atoms with Crippen molar-refractivity contribution in [1.82, 2.24) is 4.90 Å². The molecule has 10 heavy (non-hydrogen) atoms. The number of halogens is 1. The van der Waals surface area contributed by atoms with Crippen LogP contribution in [0.25, 0.3) is 0 Å². The lowest BCUT2D eigenvalue weighted by Gasteiger charge is -2.12. The standard InChI is InChI=1S/C7H15FN2/c8-3-1-4-10-5-2-7(9)6-10/h7H,1-6,9H2/t7-/m1/s1. The average molecular weight is 146 g/mol. The summed E-state index contributed by atoms with van der Waals surface area (Å²) in [6, 6.07) is 0.333. The molecule has 1 aliphatic heterocycles. The van der Waals surface area contributed by atoms with Gasteiger partial charge in [-0.1, -0.05) is 0 Å². The summed E-state index contributed by atoms with van der Waals surface area (Å²) in [7, 11) is 0. The number of hydrogen-bond donors (Lipinski definition) is 1. The molecule has 0 amide bonds. The van der Waals surface area contributed by atoms with Crippen molar-refractivity contribution < 1.29 is 4.39 Å². The molecule has 2 nitrogen and oxygen atoms in total. The zero-order chi connectivity index (χ0) is 7.40. The van der Waals surface area contributed by atoms with Gasteiger partial charge in [-0.05, 0) is 19.4 Å². The van der Waals surface area contributed by atoms with Crippen molar-refractivity contribution in [3.8, 4) is 0 Å². The molecule has 0 saturated carbocycles. The highest BCUT2D eigenvalue weighted by Gasteiger charge is 2.17. The van der Waals surface area contributed by atoms with Crippen LogP contribution in [-0.4, -0.2) is 37.3 Å². The molecular formula is C7H15FN2. The van der Waals surface area contributed by atoms with Gasteiger partial charge in [0.15, 0.2) is 0 Å². The van der Waals surface area contributed by atoms with Crippen molar-refractivity contribution in [1.29, 1.82) is 0 Å². The Morgan fingerprint density at radius 2 is 2.40 bits per heavy atom. The monoisotopic (exact) mass is 146 g/mol. The lowest BCUT2D eigenvalue weighted by atomic mass is 10.3. The van der Waals surface area contributed by atoms with Crippen LogP contribution in [0.1, 0.15) is 12.8 Å². The Bertz CT molecular complexity index is 97.6. The van der Waals surface area contributed by atoms with Crippen molar-refractivity contribution in [2.24, 2.45) is 5.73 Å². The Hall–Kier alpha value is -0.150. The van der Waals surface area contributed by atoms with E-state index in [9.17, 15) is 4.39 Å². The van der Waals surface area contributed by atoms with E-state index in [1.165, 1.54) is 0 Å².